The lowest BCUT2D eigenvalue weighted by Gasteiger charge is -2.22. The normalized spacial score (nSPS) is 12.7. The number of ether oxygens (including phenoxy) is 1. The molecule has 2 atom stereocenters. The van der Waals surface area contributed by atoms with Crippen molar-refractivity contribution in [2.45, 2.75) is 328 Å². The van der Waals surface area contributed by atoms with Gasteiger partial charge in [0.1, 0.15) is 0 Å². The monoisotopic (exact) mass is 916 g/mol. The first-order valence-corrected chi connectivity index (χ1v) is 29.1. The SMILES string of the molecule is CCCCCC/C=C\C/C=C\CCCCCCCCCC(=O)OCCCCCCCCCCCC(=O)NC(CO)C(O)CCCCCCCCCCCCCCCCCCCCCCC. The van der Waals surface area contributed by atoms with Crippen LogP contribution in [0.4, 0.5) is 0 Å². The van der Waals surface area contributed by atoms with Gasteiger partial charge in [0.05, 0.1) is 25.4 Å². The summed E-state index contributed by atoms with van der Waals surface area (Å²) >= 11 is 0. The minimum absolute atomic E-state index is 0.0313. The van der Waals surface area contributed by atoms with Crippen LogP contribution >= 0.6 is 0 Å². The maximum Gasteiger partial charge on any atom is 0.305 e. The number of rotatable bonds is 54. The van der Waals surface area contributed by atoms with Crippen LogP contribution in [0.15, 0.2) is 24.3 Å². The molecule has 0 fully saturated rings. The standard InChI is InChI=1S/C59H113NO5/c1-3-5-7-9-11-13-15-17-19-21-23-24-25-26-28-30-32-35-39-43-47-51-57(62)56(55-61)60-58(63)52-48-44-40-36-34-38-42-46-50-54-65-59(64)53-49-45-41-37-33-31-29-27-22-20-18-16-14-12-10-8-6-4-2/h14,16,20,22,56-57,61-62H,3-13,15,17-19,21,23-55H2,1-2H3,(H,60,63)/b16-14-,22-20-. The fourth-order valence-corrected chi connectivity index (χ4v) is 9.02. The lowest BCUT2D eigenvalue weighted by atomic mass is 10.0. The Balaban J connectivity index is 3.48. The molecule has 0 rings (SSSR count). The number of hydrogen-bond donors (Lipinski definition) is 3. The number of aliphatic hydroxyl groups is 2. The average molecular weight is 917 g/mol. The molecule has 0 radical (unpaired) electrons. The molecule has 0 spiro atoms. The van der Waals surface area contributed by atoms with Gasteiger partial charge in [-0.1, -0.05) is 269 Å². The highest BCUT2D eigenvalue weighted by Crippen LogP contribution is 2.17. The Kier molecular flexibility index (Phi) is 53.5. The number of esters is 1. The molecule has 0 bridgehead atoms. The second-order valence-corrected chi connectivity index (χ2v) is 20.0. The Bertz CT molecular complexity index is 1010. The summed E-state index contributed by atoms with van der Waals surface area (Å²) in [4.78, 5) is 24.6. The Morgan fingerprint density at radius 3 is 1.18 bits per heavy atom. The van der Waals surface area contributed by atoms with Crippen molar-refractivity contribution in [1.29, 1.82) is 0 Å². The van der Waals surface area contributed by atoms with Gasteiger partial charge >= 0.3 is 5.97 Å². The van der Waals surface area contributed by atoms with Crippen LogP contribution in [0, 0.1) is 0 Å². The van der Waals surface area contributed by atoms with Crippen LogP contribution in [0.25, 0.3) is 0 Å². The Morgan fingerprint density at radius 2 is 0.769 bits per heavy atom. The van der Waals surface area contributed by atoms with Crippen LogP contribution in [0.5, 0.6) is 0 Å². The van der Waals surface area contributed by atoms with E-state index in [0.29, 0.717) is 25.9 Å². The molecule has 0 heterocycles. The van der Waals surface area contributed by atoms with Gasteiger partial charge in [-0.3, -0.25) is 9.59 Å². The van der Waals surface area contributed by atoms with Gasteiger partial charge < -0.3 is 20.3 Å². The molecule has 1 amide bonds. The van der Waals surface area contributed by atoms with Crippen molar-refractivity contribution in [2.75, 3.05) is 13.2 Å². The maximum atomic E-state index is 12.5. The summed E-state index contributed by atoms with van der Waals surface area (Å²) in [6.45, 7) is 4.89. The van der Waals surface area contributed by atoms with Crippen LogP contribution < -0.4 is 5.32 Å². The van der Waals surface area contributed by atoms with E-state index >= 15 is 0 Å². The van der Waals surface area contributed by atoms with E-state index in [9.17, 15) is 19.8 Å². The van der Waals surface area contributed by atoms with Crippen LogP contribution in [-0.4, -0.2) is 47.4 Å². The second kappa shape index (κ2) is 54.9. The van der Waals surface area contributed by atoms with E-state index in [0.717, 1.165) is 64.2 Å². The summed E-state index contributed by atoms with van der Waals surface area (Å²) in [6.07, 6.45) is 65.9. The van der Waals surface area contributed by atoms with E-state index in [1.807, 2.05) is 0 Å². The second-order valence-electron chi connectivity index (χ2n) is 20.0. The van der Waals surface area contributed by atoms with Gasteiger partial charge in [-0.25, -0.2) is 0 Å². The summed E-state index contributed by atoms with van der Waals surface area (Å²) in [7, 11) is 0. The van der Waals surface area contributed by atoms with Gasteiger partial charge in [-0.05, 0) is 57.8 Å². The minimum Gasteiger partial charge on any atom is -0.466 e. The molecule has 0 aromatic carbocycles. The quantitative estimate of drug-likeness (QED) is 0.0321. The maximum absolute atomic E-state index is 12.5. The molecule has 2 unspecified atom stereocenters. The number of carbonyl (C=O) groups is 2. The lowest BCUT2D eigenvalue weighted by molar-refractivity contribution is -0.143. The van der Waals surface area contributed by atoms with Gasteiger partial charge in [-0.2, -0.15) is 0 Å². The number of nitrogens with one attached hydrogen (secondary N) is 1. The summed E-state index contributed by atoms with van der Waals surface area (Å²) in [5.41, 5.74) is 0. The smallest absolute Gasteiger partial charge is 0.305 e. The number of aliphatic hydroxyl groups excluding tert-OH is 2. The zero-order valence-electron chi connectivity index (χ0n) is 43.7. The third-order valence-electron chi connectivity index (χ3n) is 13.5. The highest BCUT2D eigenvalue weighted by Gasteiger charge is 2.20. The van der Waals surface area contributed by atoms with Crippen LogP contribution in [0.3, 0.4) is 0 Å². The lowest BCUT2D eigenvalue weighted by Crippen LogP contribution is -2.45. The predicted molar refractivity (Wildman–Crippen MR) is 283 cm³/mol. The molecule has 0 aliphatic heterocycles. The first-order valence-electron chi connectivity index (χ1n) is 29.1. The number of carbonyl (C=O) groups excluding carboxylic acids is 2. The molecular formula is C59H113NO5. The molecular weight excluding hydrogens is 803 g/mol. The first kappa shape index (κ1) is 63.3. The molecule has 0 aliphatic carbocycles. The van der Waals surface area contributed by atoms with Crippen molar-refractivity contribution >= 4 is 11.9 Å². The van der Waals surface area contributed by atoms with Crippen molar-refractivity contribution in [3.05, 3.63) is 24.3 Å². The molecule has 384 valence electrons. The molecule has 0 aromatic heterocycles. The average Bonchev–Trinajstić information content (AvgIpc) is 3.31. The molecule has 0 aliphatic rings. The first-order chi connectivity index (χ1) is 32.0. The Hall–Kier alpha value is -1.66. The molecule has 6 heteroatoms. The number of hydrogen-bond acceptors (Lipinski definition) is 5. The predicted octanol–water partition coefficient (Wildman–Crippen LogP) is 17.9. The summed E-state index contributed by atoms with van der Waals surface area (Å²) in [6, 6.07) is -0.563. The van der Waals surface area contributed by atoms with Crippen molar-refractivity contribution in [3.8, 4) is 0 Å². The van der Waals surface area contributed by atoms with Crippen LogP contribution in [-0.2, 0) is 14.3 Å². The summed E-state index contributed by atoms with van der Waals surface area (Å²) in [5.74, 6) is -0.0917. The van der Waals surface area contributed by atoms with Crippen molar-refractivity contribution in [3.63, 3.8) is 0 Å². The van der Waals surface area contributed by atoms with Gasteiger partial charge in [0.2, 0.25) is 5.91 Å². The van der Waals surface area contributed by atoms with Crippen molar-refractivity contribution < 1.29 is 24.5 Å². The highest BCUT2D eigenvalue weighted by atomic mass is 16.5. The largest absolute Gasteiger partial charge is 0.466 e. The highest BCUT2D eigenvalue weighted by molar-refractivity contribution is 5.76. The topological polar surface area (TPSA) is 95.9 Å². The zero-order valence-corrected chi connectivity index (χ0v) is 43.7. The molecule has 65 heavy (non-hydrogen) atoms. The molecule has 0 saturated heterocycles. The molecule has 3 N–H and O–H groups in total. The number of unbranched alkanes of at least 4 members (excludes halogenated alkanes) is 39. The Morgan fingerprint density at radius 1 is 0.431 bits per heavy atom. The number of allylic oxidation sites excluding steroid dienone is 4. The van der Waals surface area contributed by atoms with E-state index in [1.54, 1.807) is 0 Å². The van der Waals surface area contributed by atoms with Gasteiger partial charge in [0, 0.05) is 12.8 Å². The Labute approximate surface area is 405 Å². The fraction of sp³-hybridized carbons (Fsp3) is 0.898. The van der Waals surface area contributed by atoms with E-state index in [-0.39, 0.29) is 18.5 Å². The van der Waals surface area contributed by atoms with E-state index in [1.165, 1.54) is 218 Å². The third-order valence-corrected chi connectivity index (χ3v) is 13.5. The molecule has 6 nitrogen and oxygen atoms in total. The summed E-state index contributed by atoms with van der Waals surface area (Å²) in [5, 5.41) is 23.3. The van der Waals surface area contributed by atoms with Crippen molar-refractivity contribution in [1.82, 2.24) is 5.32 Å². The van der Waals surface area contributed by atoms with E-state index in [2.05, 4.69) is 43.5 Å². The number of amides is 1. The van der Waals surface area contributed by atoms with Crippen LogP contribution in [0.2, 0.25) is 0 Å². The molecule has 0 saturated carbocycles. The van der Waals surface area contributed by atoms with Gasteiger partial charge in [-0.15, -0.1) is 0 Å². The van der Waals surface area contributed by atoms with Gasteiger partial charge in [0.25, 0.3) is 0 Å². The fourth-order valence-electron chi connectivity index (χ4n) is 9.02. The minimum atomic E-state index is -0.683. The van der Waals surface area contributed by atoms with Crippen molar-refractivity contribution in [2.24, 2.45) is 0 Å². The summed E-state index contributed by atoms with van der Waals surface area (Å²) < 4.78 is 5.47. The van der Waals surface area contributed by atoms with Crippen LogP contribution in [0.1, 0.15) is 316 Å². The molecule has 0 aromatic rings. The zero-order chi connectivity index (χ0) is 47.2. The third kappa shape index (κ3) is 51.6. The van der Waals surface area contributed by atoms with Gasteiger partial charge in [0.15, 0.2) is 0 Å². The van der Waals surface area contributed by atoms with E-state index in [4.69, 9.17) is 4.74 Å². The van der Waals surface area contributed by atoms with E-state index < -0.39 is 12.1 Å².